The maximum absolute atomic E-state index is 11.5. The molecule has 0 aliphatic heterocycles. The Morgan fingerprint density at radius 2 is 1.06 bits per heavy atom. The zero-order valence-corrected chi connectivity index (χ0v) is 11.5. The number of hydrogen-bond acceptors (Lipinski definition) is 6. The number of carbonyl (C=O) groups is 5. The van der Waals surface area contributed by atoms with Crippen LogP contribution in [-0.4, -0.2) is 29.3 Å². The van der Waals surface area contributed by atoms with Gasteiger partial charge < -0.3 is 4.74 Å². The molecule has 7 heteroatoms. The average Bonchev–Trinajstić information content (AvgIpc) is 1.99. The molecule has 0 unspecified atom stereocenters. The zero-order valence-electron chi connectivity index (χ0n) is 9.95. The Morgan fingerprint density at radius 3 is 1.24 bits per heavy atom. The summed E-state index contributed by atoms with van der Waals surface area (Å²) in [6.45, 7) is 3.70. The Morgan fingerprint density at radius 1 is 0.765 bits per heavy atom. The number of rotatable bonds is 4. The van der Waals surface area contributed by atoms with Crippen molar-refractivity contribution in [3.05, 3.63) is 0 Å². The number of esters is 2. The smallest absolute Gasteiger partial charge is 0.342 e. The molecule has 0 fully saturated rings. The second-order valence-corrected chi connectivity index (χ2v) is 3.30. The van der Waals surface area contributed by atoms with E-state index in [0.29, 0.717) is 0 Å². The maximum Gasteiger partial charge on any atom is 0.342 e. The standard InChI is InChI=1S/C10H12O6.Ti/c1-5(11)10(6(2)12,7(3)13)9(15)16-8(4)14;/h1-4H3;. The monoisotopic (exact) mass is 276 g/mol. The van der Waals surface area contributed by atoms with Crippen LogP contribution in [0.5, 0.6) is 0 Å². The topological polar surface area (TPSA) is 94.6 Å². The van der Waals surface area contributed by atoms with Gasteiger partial charge in [0.2, 0.25) is 5.41 Å². The van der Waals surface area contributed by atoms with Gasteiger partial charge in [-0.15, -0.1) is 0 Å². The molecule has 0 heterocycles. The first-order chi connectivity index (χ1) is 7.17. The molecular formula is C10H12O6Ti. The van der Waals surface area contributed by atoms with E-state index in [-0.39, 0.29) is 21.7 Å². The van der Waals surface area contributed by atoms with E-state index in [0.717, 1.165) is 27.7 Å². The Hall–Kier alpha value is -1.14. The number of hydrogen-bond donors (Lipinski definition) is 0. The Labute approximate surface area is 113 Å². The van der Waals surface area contributed by atoms with Crippen LogP contribution in [0.1, 0.15) is 27.7 Å². The minimum absolute atomic E-state index is 0. The predicted octanol–water partition coefficient (Wildman–Crippen LogP) is -0.173. The first-order valence-corrected chi connectivity index (χ1v) is 4.43. The molecule has 6 nitrogen and oxygen atoms in total. The van der Waals surface area contributed by atoms with Gasteiger partial charge in [-0.05, 0) is 20.8 Å². The van der Waals surface area contributed by atoms with Crippen LogP contribution >= 0.6 is 0 Å². The Bertz CT molecular complexity index is 348. The fourth-order valence-electron chi connectivity index (χ4n) is 1.38. The van der Waals surface area contributed by atoms with Crippen LogP contribution in [0, 0.1) is 5.41 Å². The normalized spacial score (nSPS) is 9.88. The Kier molecular flexibility index (Phi) is 7.04. The fraction of sp³-hybridized carbons (Fsp3) is 0.500. The molecule has 0 N–H and O–H groups in total. The molecule has 0 aromatic carbocycles. The molecule has 17 heavy (non-hydrogen) atoms. The van der Waals surface area contributed by atoms with Gasteiger partial charge >= 0.3 is 11.9 Å². The number of ether oxygens (including phenoxy) is 1. The second-order valence-electron chi connectivity index (χ2n) is 3.30. The summed E-state index contributed by atoms with van der Waals surface area (Å²) in [5, 5.41) is 0. The minimum Gasteiger partial charge on any atom is -0.392 e. The molecule has 0 atom stereocenters. The van der Waals surface area contributed by atoms with Crippen LogP contribution in [0.25, 0.3) is 0 Å². The summed E-state index contributed by atoms with van der Waals surface area (Å²) in [7, 11) is 0. The summed E-state index contributed by atoms with van der Waals surface area (Å²) in [6, 6.07) is 0. The second kappa shape index (κ2) is 6.56. The summed E-state index contributed by atoms with van der Waals surface area (Å²) in [6.07, 6.45) is 0. The van der Waals surface area contributed by atoms with Crippen LogP contribution in [0.2, 0.25) is 0 Å². The quantitative estimate of drug-likeness (QED) is 0.402. The van der Waals surface area contributed by atoms with E-state index >= 15 is 0 Å². The van der Waals surface area contributed by atoms with Crippen LogP contribution in [0.15, 0.2) is 0 Å². The van der Waals surface area contributed by atoms with Gasteiger partial charge in [0.1, 0.15) is 0 Å². The molecule has 92 valence electrons. The van der Waals surface area contributed by atoms with Crippen molar-refractivity contribution < 1.29 is 50.4 Å². The van der Waals surface area contributed by atoms with E-state index in [1.807, 2.05) is 0 Å². The van der Waals surface area contributed by atoms with Crippen molar-refractivity contribution in [2.24, 2.45) is 5.41 Å². The molecular weight excluding hydrogens is 264 g/mol. The molecule has 0 amide bonds. The largest absolute Gasteiger partial charge is 0.392 e. The molecule has 0 spiro atoms. The van der Waals surface area contributed by atoms with Crippen LogP contribution in [-0.2, 0) is 50.4 Å². The van der Waals surface area contributed by atoms with E-state index in [1.54, 1.807) is 0 Å². The van der Waals surface area contributed by atoms with E-state index in [4.69, 9.17) is 0 Å². The third-order valence-electron chi connectivity index (χ3n) is 2.13. The average molecular weight is 276 g/mol. The summed E-state index contributed by atoms with van der Waals surface area (Å²) in [5.41, 5.74) is -2.51. The van der Waals surface area contributed by atoms with Crippen LogP contribution < -0.4 is 0 Å². The van der Waals surface area contributed by atoms with Gasteiger partial charge in [-0.1, -0.05) is 0 Å². The number of ketones is 3. The zero-order chi connectivity index (χ0) is 13.1. The van der Waals surface area contributed by atoms with Crippen molar-refractivity contribution >= 4 is 29.3 Å². The van der Waals surface area contributed by atoms with Crippen molar-refractivity contribution in [2.75, 3.05) is 0 Å². The van der Waals surface area contributed by atoms with Crippen molar-refractivity contribution in [3.63, 3.8) is 0 Å². The molecule has 0 aliphatic carbocycles. The third kappa shape index (κ3) is 3.41. The SMILES string of the molecule is CC(=O)OC(=O)C(C(C)=O)(C(C)=O)C(C)=O.[Ti]. The molecule has 0 saturated heterocycles. The summed E-state index contributed by atoms with van der Waals surface area (Å²) < 4.78 is 4.16. The van der Waals surface area contributed by atoms with Gasteiger partial charge in [0.15, 0.2) is 17.3 Å². The molecule has 0 rings (SSSR count). The molecule has 0 bridgehead atoms. The van der Waals surface area contributed by atoms with Gasteiger partial charge in [0.05, 0.1) is 0 Å². The van der Waals surface area contributed by atoms with Crippen LogP contribution in [0.3, 0.4) is 0 Å². The fourth-order valence-corrected chi connectivity index (χ4v) is 1.38. The van der Waals surface area contributed by atoms with E-state index < -0.39 is 34.7 Å². The predicted molar refractivity (Wildman–Crippen MR) is 51.2 cm³/mol. The number of Topliss-reactive ketones (excluding diaryl/α,β-unsaturated/α-hetero) is 3. The number of carbonyl (C=O) groups excluding carboxylic acids is 5. The first kappa shape index (κ1) is 18.2. The van der Waals surface area contributed by atoms with Crippen LogP contribution in [0.4, 0.5) is 0 Å². The summed E-state index contributed by atoms with van der Waals surface area (Å²) in [5.74, 6) is -5.30. The Balaban J connectivity index is 0. The maximum atomic E-state index is 11.5. The van der Waals surface area contributed by atoms with Crippen molar-refractivity contribution in [2.45, 2.75) is 27.7 Å². The molecule has 0 saturated carbocycles. The van der Waals surface area contributed by atoms with E-state index in [1.165, 1.54) is 0 Å². The molecule has 0 aliphatic rings. The van der Waals surface area contributed by atoms with Gasteiger partial charge in [-0.25, -0.2) is 4.79 Å². The third-order valence-corrected chi connectivity index (χ3v) is 2.13. The molecule has 0 aromatic rings. The van der Waals surface area contributed by atoms with Gasteiger partial charge in [-0.3, -0.25) is 19.2 Å². The minimum atomic E-state index is -2.51. The van der Waals surface area contributed by atoms with Crippen molar-refractivity contribution in [1.29, 1.82) is 0 Å². The molecule has 0 aromatic heterocycles. The van der Waals surface area contributed by atoms with Crippen molar-refractivity contribution in [3.8, 4) is 0 Å². The summed E-state index contributed by atoms with van der Waals surface area (Å²) in [4.78, 5) is 56.0. The van der Waals surface area contributed by atoms with Crippen molar-refractivity contribution in [1.82, 2.24) is 0 Å². The molecule has 0 radical (unpaired) electrons. The van der Waals surface area contributed by atoms with E-state index in [2.05, 4.69) is 4.74 Å². The summed E-state index contributed by atoms with van der Waals surface area (Å²) >= 11 is 0. The van der Waals surface area contributed by atoms with E-state index in [9.17, 15) is 24.0 Å². The van der Waals surface area contributed by atoms with Gasteiger partial charge in [0.25, 0.3) is 0 Å². The first-order valence-electron chi connectivity index (χ1n) is 4.43. The van der Waals surface area contributed by atoms with Gasteiger partial charge in [0, 0.05) is 28.6 Å². The van der Waals surface area contributed by atoms with Gasteiger partial charge in [-0.2, -0.15) is 0 Å².